The van der Waals surface area contributed by atoms with Crippen molar-refractivity contribution in [2.24, 2.45) is 14.1 Å². The fourth-order valence-corrected chi connectivity index (χ4v) is 1.28. The topological polar surface area (TPSA) is 56.9 Å². The molecule has 0 atom stereocenters. The maximum atomic E-state index is 11.6. The van der Waals surface area contributed by atoms with Gasteiger partial charge in [0.2, 0.25) is 0 Å². The van der Waals surface area contributed by atoms with E-state index in [1.807, 2.05) is 0 Å². The van der Waals surface area contributed by atoms with E-state index < -0.39 is 0 Å². The van der Waals surface area contributed by atoms with E-state index in [0.717, 1.165) is 0 Å². The molecule has 0 bridgehead atoms. The normalized spacial score (nSPS) is 10.7. The second-order valence-corrected chi connectivity index (χ2v) is 3.18. The zero-order valence-corrected chi connectivity index (χ0v) is 7.89. The van der Waals surface area contributed by atoms with Gasteiger partial charge in [-0.3, -0.25) is 9.59 Å². The van der Waals surface area contributed by atoms with Gasteiger partial charge in [0.05, 0.1) is 17.2 Å². The van der Waals surface area contributed by atoms with E-state index in [-0.39, 0.29) is 11.1 Å². The number of rotatable bonds is 0. The molecule has 2 aromatic heterocycles. The summed E-state index contributed by atoms with van der Waals surface area (Å²) in [6.45, 7) is 0. The van der Waals surface area contributed by atoms with E-state index in [1.54, 1.807) is 14.1 Å². The van der Waals surface area contributed by atoms with Crippen LogP contribution in [0.25, 0.3) is 10.9 Å². The molecule has 0 unspecified atom stereocenters. The van der Waals surface area contributed by atoms with Crippen molar-refractivity contribution in [2.75, 3.05) is 0 Å². The lowest BCUT2D eigenvalue weighted by Crippen LogP contribution is -2.21. The van der Waals surface area contributed by atoms with Crippen LogP contribution in [0.2, 0.25) is 0 Å². The molecule has 0 aliphatic carbocycles. The molecule has 0 amide bonds. The quantitative estimate of drug-likeness (QED) is 0.571. The highest BCUT2D eigenvalue weighted by Gasteiger charge is 2.03. The third kappa shape index (κ3) is 1.14. The molecule has 2 heterocycles. The maximum absolute atomic E-state index is 11.6. The van der Waals surface area contributed by atoms with Crippen LogP contribution in [-0.4, -0.2) is 14.1 Å². The third-order valence-corrected chi connectivity index (χ3v) is 2.13. The van der Waals surface area contributed by atoms with Gasteiger partial charge in [0.15, 0.2) is 0 Å². The summed E-state index contributed by atoms with van der Waals surface area (Å²) in [5, 5.41) is 0.456. The molecular weight excluding hydrogens is 182 g/mol. The second kappa shape index (κ2) is 2.80. The largest absolute Gasteiger partial charge is 0.318 e. The van der Waals surface area contributed by atoms with Crippen LogP contribution in [0.5, 0.6) is 0 Å². The highest BCUT2D eigenvalue weighted by Crippen LogP contribution is 2.00. The van der Waals surface area contributed by atoms with Gasteiger partial charge in [0.1, 0.15) is 0 Å². The first-order valence-corrected chi connectivity index (χ1v) is 4.11. The van der Waals surface area contributed by atoms with Crippen molar-refractivity contribution in [2.45, 2.75) is 0 Å². The van der Waals surface area contributed by atoms with Gasteiger partial charge in [0.25, 0.3) is 11.1 Å². The van der Waals surface area contributed by atoms with Crippen molar-refractivity contribution in [3.8, 4) is 0 Å². The number of aromatic nitrogens is 3. The van der Waals surface area contributed by atoms with Gasteiger partial charge >= 0.3 is 0 Å². The summed E-state index contributed by atoms with van der Waals surface area (Å²) in [6.07, 6.45) is 2.91. The van der Waals surface area contributed by atoms with Crippen LogP contribution < -0.4 is 11.1 Å². The summed E-state index contributed by atoms with van der Waals surface area (Å²) >= 11 is 0. The van der Waals surface area contributed by atoms with Gasteiger partial charge < -0.3 is 9.13 Å². The Morgan fingerprint density at radius 2 is 1.93 bits per heavy atom. The smallest absolute Gasteiger partial charge is 0.262 e. The molecule has 0 radical (unpaired) electrons. The van der Waals surface area contributed by atoms with Crippen molar-refractivity contribution in [1.29, 1.82) is 0 Å². The maximum Gasteiger partial charge on any atom is 0.262 e. The van der Waals surface area contributed by atoms with Gasteiger partial charge in [-0.2, -0.15) is 0 Å². The Morgan fingerprint density at radius 1 is 1.21 bits per heavy atom. The Balaban J connectivity index is 3.05. The number of hydrogen-bond donors (Lipinski definition) is 0. The first-order chi connectivity index (χ1) is 6.59. The first kappa shape index (κ1) is 8.68. The molecule has 0 aliphatic rings. The highest BCUT2D eigenvalue weighted by molar-refractivity contribution is 5.75. The van der Waals surface area contributed by atoms with Crippen LogP contribution in [0.15, 0.2) is 28.2 Å². The predicted octanol–water partition coefficient (Wildman–Crippen LogP) is -0.368. The molecule has 14 heavy (non-hydrogen) atoms. The van der Waals surface area contributed by atoms with E-state index in [2.05, 4.69) is 4.98 Å². The van der Waals surface area contributed by atoms with Crippen molar-refractivity contribution < 1.29 is 0 Å². The molecule has 0 fully saturated rings. The second-order valence-electron chi connectivity index (χ2n) is 3.18. The minimum atomic E-state index is -0.168. The minimum Gasteiger partial charge on any atom is -0.318 e. The Labute approximate surface area is 79.2 Å². The molecule has 0 N–H and O–H groups in total. The Morgan fingerprint density at radius 3 is 2.64 bits per heavy atom. The van der Waals surface area contributed by atoms with Crippen molar-refractivity contribution >= 4 is 10.9 Å². The van der Waals surface area contributed by atoms with Crippen LogP contribution in [0.4, 0.5) is 0 Å². The molecule has 72 valence electrons. The van der Waals surface area contributed by atoms with E-state index in [0.29, 0.717) is 10.9 Å². The standard InChI is InChI=1S/C9H9N3O2/c1-11-4-6-7(3-8(11)13)10-5-12(2)9(6)14/h3-5H,1-2H3. The molecule has 5 heteroatoms. The third-order valence-electron chi connectivity index (χ3n) is 2.13. The molecule has 0 aliphatic heterocycles. The molecule has 5 nitrogen and oxygen atoms in total. The van der Waals surface area contributed by atoms with Crippen LogP contribution in [0, 0.1) is 0 Å². The molecule has 0 saturated heterocycles. The van der Waals surface area contributed by atoms with E-state index in [4.69, 9.17) is 0 Å². The Hall–Kier alpha value is -1.91. The Kier molecular flexibility index (Phi) is 1.73. The minimum absolute atomic E-state index is 0.148. The molecule has 0 aromatic carbocycles. The average molecular weight is 191 g/mol. The van der Waals surface area contributed by atoms with Crippen LogP contribution in [-0.2, 0) is 14.1 Å². The fraction of sp³-hybridized carbons (Fsp3) is 0.222. The summed E-state index contributed by atoms with van der Waals surface area (Å²) in [4.78, 5) is 26.8. The molecule has 0 saturated carbocycles. The molecular formula is C9H9N3O2. The van der Waals surface area contributed by atoms with Gasteiger partial charge in [-0.1, -0.05) is 0 Å². The zero-order valence-electron chi connectivity index (χ0n) is 7.89. The van der Waals surface area contributed by atoms with Gasteiger partial charge in [-0.25, -0.2) is 4.98 Å². The van der Waals surface area contributed by atoms with Gasteiger partial charge in [0, 0.05) is 26.4 Å². The summed E-state index contributed by atoms with van der Waals surface area (Å²) < 4.78 is 2.75. The number of nitrogens with zero attached hydrogens (tertiary/aromatic N) is 3. The highest BCUT2D eigenvalue weighted by atomic mass is 16.1. The SMILES string of the molecule is Cn1cc2c(=O)n(C)cnc2cc1=O. The number of fused-ring (bicyclic) bond motifs is 1. The lowest BCUT2D eigenvalue weighted by Gasteiger charge is -2.01. The fourth-order valence-electron chi connectivity index (χ4n) is 1.28. The number of aryl methyl sites for hydroxylation is 2. The predicted molar refractivity (Wildman–Crippen MR) is 52.2 cm³/mol. The summed E-state index contributed by atoms with van der Waals surface area (Å²) in [6, 6.07) is 1.36. The van der Waals surface area contributed by atoms with Crippen LogP contribution in [0.1, 0.15) is 0 Å². The number of pyridine rings is 1. The lowest BCUT2D eigenvalue weighted by molar-refractivity contribution is 0.826. The van der Waals surface area contributed by atoms with Crippen LogP contribution >= 0.6 is 0 Å². The van der Waals surface area contributed by atoms with Crippen molar-refractivity contribution in [3.63, 3.8) is 0 Å². The van der Waals surface area contributed by atoms with E-state index >= 15 is 0 Å². The summed E-state index contributed by atoms with van der Waals surface area (Å²) in [5.74, 6) is 0. The average Bonchev–Trinajstić information content (AvgIpc) is 2.15. The van der Waals surface area contributed by atoms with Gasteiger partial charge in [-0.05, 0) is 0 Å². The summed E-state index contributed by atoms with van der Waals surface area (Å²) in [7, 11) is 3.23. The van der Waals surface area contributed by atoms with Crippen molar-refractivity contribution in [1.82, 2.24) is 14.1 Å². The van der Waals surface area contributed by atoms with Gasteiger partial charge in [-0.15, -0.1) is 0 Å². The molecule has 0 spiro atoms. The zero-order chi connectivity index (χ0) is 10.3. The van der Waals surface area contributed by atoms with E-state index in [1.165, 1.54) is 27.7 Å². The monoisotopic (exact) mass is 191 g/mol. The van der Waals surface area contributed by atoms with E-state index in [9.17, 15) is 9.59 Å². The lowest BCUT2D eigenvalue weighted by atomic mass is 10.3. The summed E-state index contributed by atoms with van der Waals surface area (Å²) in [5.41, 5.74) is 0.125. The molecule has 2 aromatic rings. The number of hydrogen-bond acceptors (Lipinski definition) is 3. The molecule has 2 rings (SSSR count). The Bertz CT molecular complexity index is 609. The first-order valence-electron chi connectivity index (χ1n) is 4.11. The van der Waals surface area contributed by atoms with Crippen LogP contribution in [0.3, 0.4) is 0 Å². The van der Waals surface area contributed by atoms with Crippen molar-refractivity contribution in [3.05, 3.63) is 39.3 Å².